The van der Waals surface area contributed by atoms with Gasteiger partial charge in [0.15, 0.2) is 0 Å². The molecule has 1 amide bonds. The molecule has 1 fully saturated rings. The van der Waals surface area contributed by atoms with Gasteiger partial charge in [0.2, 0.25) is 0 Å². The van der Waals surface area contributed by atoms with Gasteiger partial charge in [-0.05, 0) is 24.6 Å². The summed E-state index contributed by atoms with van der Waals surface area (Å²) in [4.78, 5) is 24.9. The number of halogens is 1. The summed E-state index contributed by atoms with van der Waals surface area (Å²) in [6.07, 6.45) is 1.71. The van der Waals surface area contributed by atoms with Crippen molar-refractivity contribution in [2.24, 2.45) is 0 Å². The highest BCUT2D eigenvalue weighted by Crippen LogP contribution is 2.30. The molecule has 1 atom stereocenters. The van der Waals surface area contributed by atoms with Gasteiger partial charge in [-0.3, -0.25) is 4.98 Å². The minimum Gasteiger partial charge on any atom is -0.465 e. The molecular weight excluding hydrogens is 348 g/mol. The van der Waals surface area contributed by atoms with Crippen LogP contribution >= 0.6 is 15.9 Å². The van der Waals surface area contributed by atoms with Crippen LogP contribution in [0.2, 0.25) is 0 Å². The lowest BCUT2D eigenvalue weighted by atomic mass is 10.1. The van der Waals surface area contributed by atoms with Crippen molar-refractivity contribution >= 4 is 44.0 Å². The summed E-state index contributed by atoms with van der Waals surface area (Å²) in [6.45, 7) is 1.05. The second-order valence-electron chi connectivity index (χ2n) is 5.52. The number of aromatic nitrogens is 3. The first-order valence-corrected chi connectivity index (χ1v) is 7.83. The van der Waals surface area contributed by atoms with Gasteiger partial charge < -0.3 is 15.0 Å². The number of carbonyl (C=O) groups is 1. The fraction of sp³-hybridized carbons (Fsp3) is 0.267. The fourth-order valence-corrected chi connectivity index (χ4v) is 3.35. The first-order chi connectivity index (χ1) is 10.6. The van der Waals surface area contributed by atoms with E-state index in [0.29, 0.717) is 13.1 Å². The molecule has 2 N–H and O–H groups in total. The molecule has 22 heavy (non-hydrogen) atoms. The molecule has 4 rings (SSSR count). The van der Waals surface area contributed by atoms with Crippen LogP contribution in [0.1, 0.15) is 18.2 Å². The minimum atomic E-state index is -0.865. The zero-order valence-corrected chi connectivity index (χ0v) is 13.2. The van der Waals surface area contributed by atoms with Crippen LogP contribution in [0.4, 0.5) is 4.79 Å². The van der Waals surface area contributed by atoms with E-state index in [0.717, 1.165) is 38.7 Å². The third-order valence-electron chi connectivity index (χ3n) is 4.14. The Morgan fingerprint density at radius 1 is 1.45 bits per heavy atom. The molecule has 6 nitrogen and oxygen atoms in total. The topological polar surface area (TPSA) is 82.1 Å². The number of hydrogen-bond donors (Lipinski definition) is 2. The van der Waals surface area contributed by atoms with E-state index in [-0.39, 0.29) is 5.92 Å². The van der Waals surface area contributed by atoms with Crippen molar-refractivity contribution in [1.82, 2.24) is 19.9 Å². The molecule has 112 valence electrons. The van der Waals surface area contributed by atoms with Gasteiger partial charge in [-0.25, -0.2) is 9.78 Å². The molecule has 0 spiro atoms. The molecular formula is C15H13BrN4O2. The van der Waals surface area contributed by atoms with Gasteiger partial charge in [-0.2, -0.15) is 0 Å². The molecule has 0 radical (unpaired) electrons. The number of nitrogens with zero attached hydrogens (tertiary/aromatic N) is 3. The van der Waals surface area contributed by atoms with Gasteiger partial charge in [0.1, 0.15) is 5.82 Å². The summed E-state index contributed by atoms with van der Waals surface area (Å²) >= 11 is 3.45. The quantitative estimate of drug-likeness (QED) is 0.697. The van der Waals surface area contributed by atoms with Crippen molar-refractivity contribution in [2.45, 2.75) is 12.3 Å². The highest BCUT2D eigenvalue weighted by Gasteiger charge is 2.29. The van der Waals surface area contributed by atoms with Crippen molar-refractivity contribution in [2.75, 3.05) is 13.1 Å². The molecule has 1 aliphatic heterocycles. The Kier molecular flexibility index (Phi) is 3.04. The number of nitrogens with one attached hydrogen (secondary N) is 1. The van der Waals surface area contributed by atoms with Crippen LogP contribution in [-0.2, 0) is 0 Å². The Hall–Kier alpha value is -2.15. The molecule has 1 aromatic carbocycles. The number of H-pyrrole nitrogens is 1. The lowest BCUT2D eigenvalue weighted by Gasteiger charge is -2.10. The van der Waals surface area contributed by atoms with Gasteiger partial charge in [-0.15, -0.1) is 0 Å². The lowest BCUT2D eigenvalue weighted by Crippen LogP contribution is -2.26. The molecule has 3 aromatic rings. The maximum absolute atomic E-state index is 11.0. The number of aromatic amines is 1. The predicted octanol–water partition coefficient (Wildman–Crippen LogP) is 3.34. The van der Waals surface area contributed by atoms with Crippen molar-refractivity contribution in [3.63, 3.8) is 0 Å². The fourth-order valence-electron chi connectivity index (χ4n) is 3.00. The van der Waals surface area contributed by atoms with Crippen LogP contribution in [0, 0.1) is 0 Å². The maximum atomic E-state index is 11.0. The zero-order chi connectivity index (χ0) is 15.3. The SMILES string of the molecule is O=C(O)N1CC[C@@H](c2nc3c(cnc4cc(Br)ccc43)[nH]2)C1. The lowest BCUT2D eigenvalue weighted by molar-refractivity contribution is 0.155. The van der Waals surface area contributed by atoms with Gasteiger partial charge in [-0.1, -0.05) is 15.9 Å². The molecule has 0 saturated carbocycles. The highest BCUT2D eigenvalue weighted by molar-refractivity contribution is 9.10. The number of fused-ring (bicyclic) bond motifs is 3. The van der Waals surface area contributed by atoms with E-state index in [1.165, 1.54) is 4.90 Å². The van der Waals surface area contributed by atoms with Crippen molar-refractivity contribution in [3.8, 4) is 0 Å². The number of rotatable bonds is 1. The van der Waals surface area contributed by atoms with Crippen LogP contribution in [0.3, 0.4) is 0 Å². The van der Waals surface area contributed by atoms with Crippen LogP contribution in [0.5, 0.6) is 0 Å². The van der Waals surface area contributed by atoms with E-state index < -0.39 is 6.09 Å². The Balaban J connectivity index is 1.78. The van der Waals surface area contributed by atoms with E-state index in [9.17, 15) is 4.79 Å². The van der Waals surface area contributed by atoms with Gasteiger partial charge in [0.25, 0.3) is 0 Å². The van der Waals surface area contributed by atoms with Gasteiger partial charge in [0, 0.05) is 28.9 Å². The van der Waals surface area contributed by atoms with Gasteiger partial charge in [0.05, 0.1) is 22.7 Å². The summed E-state index contributed by atoms with van der Waals surface area (Å²) in [6, 6.07) is 5.93. The molecule has 0 unspecified atom stereocenters. The molecule has 7 heteroatoms. The number of amides is 1. The smallest absolute Gasteiger partial charge is 0.407 e. The number of benzene rings is 1. The van der Waals surface area contributed by atoms with Crippen LogP contribution in [0.25, 0.3) is 21.9 Å². The third kappa shape index (κ3) is 2.12. The molecule has 1 saturated heterocycles. The zero-order valence-electron chi connectivity index (χ0n) is 11.6. The Bertz CT molecular complexity index is 892. The number of hydrogen-bond acceptors (Lipinski definition) is 3. The Morgan fingerprint density at radius 2 is 2.32 bits per heavy atom. The molecule has 2 aromatic heterocycles. The second-order valence-corrected chi connectivity index (χ2v) is 6.43. The first-order valence-electron chi connectivity index (χ1n) is 7.03. The van der Waals surface area contributed by atoms with Gasteiger partial charge >= 0.3 is 6.09 Å². The number of carboxylic acid groups (broad SMARTS) is 1. The van der Waals surface area contributed by atoms with E-state index in [1.807, 2.05) is 18.2 Å². The third-order valence-corrected chi connectivity index (χ3v) is 4.64. The standard InChI is InChI=1S/C15H13BrN4O2/c16-9-1-2-10-11(5-9)17-6-12-13(10)19-14(18-12)8-3-4-20(7-8)15(21)22/h1-2,5-6,8H,3-4,7H2,(H,18,19)(H,21,22)/t8-/m1/s1. The van der Waals surface area contributed by atoms with Crippen molar-refractivity contribution < 1.29 is 9.90 Å². The Labute approximate surface area is 134 Å². The normalized spacial score (nSPS) is 18.4. The molecule has 0 bridgehead atoms. The number of pyridine rings is 1. The summed E-state index contributed by atoms with van der Waals surface area (Å²) in [7, 11) is 0. The first kappa shape index (κ1) is 13.5. The highest BCUT2D eigenvalue weighted by atomic mass is 79.9. The minimum absolute atomic E-state index is 0.119. The van der Waals surface area contributed by atoms with Crippen LogP contribution in [0.15, 0.2) is 28.9 Å². The predicted molar refractivity (Wildman–Crippen MR) is 86.1 cm³/mol. The van der Waals surface area contributed by atoms with E-state index >= 15 is 0 Å². The average molecular weight is 361 g/mol. The molecule has 3 heterocycles. The summed E-state index contributed by atoms with van der Waals surface area (Å²) in [5.74, 6) is 0.963. The van der Waals surface area contributed by atoms with Crippen molar-refractivity contribution in [3.05, 3.63) is 34.7 Å². The van der Waals surface area contributed by atoms with E-state index in [4.69, 9.17) is 10.1 Å². The molecule has 0 aliphatic carbocycles. The largest absolute Gasteiger partial charge is 0.465 e. The maximum Gasteiger partial charge on any atom is 0.407 e. The van der Waals surface area contributed by atoms with Crippen molar-refractivity contribution in [1.29, 1.82) is 0 Å². The number of imidazole rings is 1. The number of likely N-dealkylation sites (tertiary alicyclic amines) is 1. The summed E-state index contributed by atoms with van der Waals surface area (Å²) in [5.41, 5.74) is 2.67. The Morgan fingerprint density at radius 3 is 3.09 bits per heavy atom. The van der Waals surface area contributed by atoms with E-state index in [2.05, 4.69) is 25.9 Å². The molecule has 1 aliphatic rings. The summed E-state index contributed by atoms with van der Waals surface area (Å²) < 4.78 is 0.982. The average Bonchev–Trinajstić information content (AvgIpc) is 3.13. The summed E-state index contributed by atoms with van der Waals surface area (Å²) in [5, 5.41) is 10.1. The van der Waals surface area contributed by atoms with E-state index in [1.54, 1.807) is 6.20 Å². The second kappa shape index (κ2) is 4.95. The van der Waals surface area contributed by atoms with Crippen LogP contribution < -0.4 is 0 Å². The monoisotopic (exact) mass is 360 g/mol. The van der Waals surface area contributed by atoms with Crippen LogP contribution in [-0.4, -0.2) is 44.1 Å².